The van der Waals surface area contributed by atoms with Crippen LogP contribution in [-0.4, -0.2) is 31.2 Å². The van der Waals surface area contributed by atoms with Crippen LogP contribution in [0.1, 0.15) is 16.1 Å². The summed E-state index contributed by atoms with van der Waals surface area (Å²) in [5.41, 5.74) is 3.00. The highest BCUT2D eigenvalue weighted by atomic mass is 79.9. The molecule has 116 valence electrons. The number of aromatic nitrogens is 1. The Balaban J connectivity index is 2.05. The molecular weight excluding hydrogens is 346 g/mol. The van der Waals surface area contributed by atoms with E-state index >= 15 is 0 Å². The third-order valence-electron chi connectivity index (χ3n) is 3.04. The van der Waals surface area contributed by atoms with E-state index in [9.17, 15) is 4.79 Å². The van der Waals surface area contributed by atoms with Crippen molar-refractivity contribution in [3.63, 3.8) is 0 Å². The van der Waals surface area contributed by atoms with Gasteiger partial charge in [-0.3, -0.25) is 9.78 Å². The number of hydrogen-bond acceptors (Lipinski definition) is 4. The minimum atomic E-state index is -0.239. The maximum atomic E-state index is 12.3. The molecule has 0 radical (unpaired) electrons. The summed E-state index contributed by atoms with van der Waals surface area (Å²) in [7, 11) is 1.65. The molecule has 0 aliphatic rings. The minimum Gasteiger partial charge on any atom is -0.383 e. The number of carbonyl (C=O) groups is 1. The lowest BCUT2D eigenvalue weighted by atomic mass is 10.2. The maximum absolute atomic E-state index is 12.3. The fourth-order valence-electron chi connectivity index (χ4n) is 1.88. The van der Waals surface area contributed by atoms with E-state index in [1.807, 2.05) is 31.2 Å². The van der Waals surface area contributed by atoms with Crippen molar-refractivity contribution in [2.24, 2.45) is 0 Å². The Labute approximate surface area is 138 Å². The van der Waals surface area contributed by atoms with Crippen LogP contribution in [-0.2, 0) is 4.74 Å². The molecule has 0 aliphatic carbocycles. The zero-order valence-electron chi connectivity index (χ0n) is 12.5. The fourth-order valence-corrected chi connectivity index (χ4v) is 2.13. The van der Waals surface area contributed by atoms with Crippen molar-refractivity contribution in [2.45, 2.75) is 6.92 Å². The van der Waals surface area contributed by atoms with Gasteiger partial charge in [-0.2, -0.15) is 0 Å². The summed E-state index contributed by atoms with van der Waals surface area (Å²) in [5, 5.41) is 6.02. The number of aryl methyl sites for hydroxylation is 1. The Morgan fingerprint density at radius 2 is 2.09 bits per heavy atom. The largest absolute Gasteiger partial charge is 0.383 e. The monoisotopic (exact) mass is 363 g/mol. The first-order valence-electron chi connectivity index (χ1n) is 6.86. The quantitative estimate of drug-likeness (QED) is 0.771. The Morgan fingerprint density at radius 3 is 2.82 bits per heavy atom. The molecule has 0 unspecified atom stereocenters. The maximum Gasteiger partial charge on any atom is 0.274 e. The molecule has 0 bridgehead atoms. The summed E-state index contributed by atoms with van der Waals surface area (Å²) in [6, 6.07) is 9.19. The molecule has 1 heterocycles. The molecular formula is C16H18BrN3O2. The fraction of sp³-hybridized carbons (Fsp3) is 0.250. The average Bonchev–Trinajstić information content (AvgIpc) is 2.51. The summed E-state index contributed by atoms with van der Waals surface area (Å²) in [6.45, 7) is 3.24. The second kappa shape index (κ2) is 7.91. The second-order valence-corrected chi connectivity index (χ2v) is 5.62. The van der Waals surface area contributed by atoms with E-state index < -0.39 is 0 Å². The van der Waals surface area contributed by atoms with Gasteiger partial charge >= 0.3 is 0 Å². The molecule has 0 saturated heterocycles. The topological polar surface area (TPSA) is 63.2 Å². The van der Waals surface area contributed by atoms with Gasteiger partial charge in [0.1, 0.15) is 5.69 Å². The van der Waals surface area contributed by atoms with Crippen molar-refractivity contribution in [3.8, 4) is 0 Å². The number of halogens is 1. The van der Waals surface area contributed by atoms with Gasteiger partial charge in [0.05, 0.1) is 6.61 Å². The number of amides is 1. The molecule has 22 heavy (non-hydrogen) atoms. The van der Waals surface area contributed by atoms with E-state index in [0.717, 1.165) is 21.4 Å². The van der Waals surface area contributed by atoms with Gasteiger partial charge in [-0.1, -0.05) is 15.9 Å². The van der Waals surface area contributed by atoms with Gasteiger partial charge in [-0.15, -0.1) is 0 Å². The van der Waals surface area contributed by atoms with E-state index in [0.29, 0.717) is 18.8 Å². The number of methoxy groups -OCH3 is 1. The lowest BCUT2D eigenvalue weighted by Gasteiger charge is -2.09. The van der Waals surface area contributed by atoms with Crippen LogP contribution in [0.3, 0.4) is 0 Å². The number of pyridine rings is 1. The number of benzene rings is 1. The summed E-state index contributed by atoms with van der Waals surface area (Å²) >= 11 is 3.44. The standard InChI is InChI=1S/C16H18BrN3O2/c1-11-9-13(3-4-14(11)17)20-16(21)15-10-12(5-6-19-15)18-7-8-22-2/h3-6,9-10H,7-8H2,1-2H3,(H,18,19)(H,20,21). The third kappa shape index (κ3) is 4.54. The van der Waals surface area contributed by atoms with Crippen LogP contribution >= 0.6 is 15.9 Å². The van der Waals surface area contributed by atoms with Crippen molar-refractivity contribution in [2.75, 3.05) is 30.9 Å². The first-order chi connectivity index (χ1) is 10.6. The summed E-state index contributed by atoms with van der Waals surface area (Å²) in [4.78, 5) is 16.4. The van der Waals surface area contributed by atoms with Gasteiger partial charge in [0.2, 0.25) is 0 Å². The van der Waals surface area contributed by atoms with Gasteiger partial charge in [0.25, 0.3) is 5.91 Å². The van der Waals surface area contributed by atoms with Crippen molar-refractivity contribution in [1.82, 2.24) is 4.98 Å². The molecule has 0 fully saturated rings. The number of anilines is 2. The van der Waals surface area contributed by atoms with E-state index in [4.69, 9.17) is 4.74 Å². The van der Waals surface area contributed by atoms with Gasteiger partial charge in [-0.05, 0) is 42.8 Å². The molecule has 0 saturated carbocycles. The van der Waals surface area contributed by atoms with Crippen LogP contribution in [0.2, 0.25) is 0 Å². The van der Waals surface area contributed by atoms with Crippen LogP contribution in [0, 0.1) is 6.92 Å². The highest BCUT2D eigenvalue weighted by molar-refractivity contribution is 9.10. The van der Waals surface area contributed by atoms with Crippen molar-refractivity contribution in [3.05, 3.63) is 52.3 Å². The zero-order chi connectivity index (χ0) is 15.9. The molecule has 0 atom stereocenters. The number of hydrogen-bond donors (Lipinski definition) is 2. The molecule has 2 rings (SSSR count). The molecule has 0 aliphatic heterocycles. The lowest BCUT2D eigenvalue weighted by Crippen LogP contribution is -2.15. The molecule has 5 nitrogen and oxygen atoms in total. The van der Waals surface area contributed by atoms with Gasteiger partial charge < -0.3 is 15.4 Å². The Hall–Kier alpha value is -1.92. The molecule has 0 spiro atoms. The predicted octanol–water partition coefficient (Wildman–Crippen LogP) is 3.46. The second-order valence-electron chi connectivity index (χ2n) is 4.77. The van der Waals surface area contributed by atoms with Crippen LogP contribution in [0.5, 0.6) is 0 Å². The number of nitrogens with one attached hydrogen (secondary N) is 2. The van der Waals surface area contributed by atoms with E-state index in [1.165, 1.54) is 0 Å². The molecule has 2 N–H and O–H groups in total. The van der Waals surface area contributed by atoms with Crippen molar-refractivity contribution in [1.29, 1.82) is 0 Å². The Morgan fingerprint density at radius 1 is 1.27 bits per heavy atom. The highest BCUT2D eigenvalue weighted by Gasteiger charge is 2.09. The first-order valence-corrected chi connectivity index (χ1v) is 7.66. The predicted molar refractivity (Wildman–Crippen MR) is 91.4 cm³/mol. The summed E-state index contributed by atoms with van der Waals surface area (Å²) in [6.07, 6.45) is 1.61. The smallest absolute Gasteiger partial charge is 0.274 e. The highest BCUT2D eigenvalue weighted by Crippen LogP contribution is 2.20. The Bertz CT molecular complexity index is 662. The molecule has 1 amide bonds. The van der Waals surface area contributed by atoms with E-state index in [2.05, 4.69) is 31.5 Å². The molecule has 1 aromatic carbocycles. The van der Waals surface area contributed by atoms with E-state index in [1.54, 1.807) is 19.4 Å². The Kier molecular flexibility index (Phi) is 5.91. The minimum absolute atomic E-state index is 0.239. The van der Waals surface area contributed by atoms with Crippen molar-refractivity contribution < 1.29 is 9.53 Å². The van der Waals surface area contributed by atoms with Gasteiger partial charge in [-0.25, -0.2) is 0 Å². The van der Waals surface area contributed by atoms with Crippen LogP contribution < -0.4 is 10.6 Å². The normalized spacial score (nSPS) is 10.3. The zero-order valence-corrected chi connectivity index (χ0v) is 14.1. The van der Waals surface area contributed by atoms with Crippen LogP contribution in [0.25, 0.3) is 0 Å². The molecule has 2 aromatic rings. The SMILES string of the molecule is COCCNc1ccnc(C(=O)Nc2ccc(Br)c(C)c2)c1. The summed E-state index contributed by atoms with van der Waals surface area (Å²) in [5.74, 6) is -0.239. The average molecular weight is 364 g/mol. The third-order valence-corrected chi connectivity index (χ3v) is 3.93. The van der Waals surface area contributed by atoms with Crippen LogP contribution in [0.15, 0.2) is 41.0 Å². The first kappa shape index (κ1) is 16.5. The summed E-state index contributed by atoms with van der Waals surface area (Å²) < 4.78 is 5.99. The van der Waals surface area contributed by atoms with Crippen LogP contribution in [0.4, 0.5) is 11.4 Å². The number of ether oxygens (including phenoxy) is 1. The van der Waals surface area contributed by atoms with Gasteiger partial charge in [0.15, 0.2) is 0 Å². The molecule has 1 aromatic heterocycles. The number of nitrogens with zero attached hydrogens (tertiary/aromatic N) is 1. The lowest BCUT2D eigenvalue weighted by molar-refractivity contribution is 0.102. The van der Waals surface area contributed by atoms with Crippen molar-refractivity contribution >= 4 is 33.2 Å². The van der Waals surface area contributed by atoms with Gasteiger partial charge in [0, 0.05) is 35.7 Å². The number of rotatable bonds is 6. The number of carbonyl (C=O) groups excluding carboxylic acids is 1. The molecule has 6 heteroatoms. The van der Waals surface area contributed by atoms with E-state index in [-0.39, 0.29) is 5.91 Å².